The van der Waals surface area contributed by atoms with Crippen molar-refractivity contribution >= 4 is 15.9 Å². The van der Waals surface area contributed by atoms with Crippen molar-refractivity contribution in [2.75, 3.05) is 13.1 Å². The van der Waals surface area contributed by atoms with E-state index in [0.717, 1.165) is 25.8 Å². The van der Waals surface area contributed by atoms with E-state index in [1.807, 2.05) is 11.0 Å². The van der Waals surface area contributed by atoms with Crippen molar-refractivity contribution in [2.45, 2.75) is 55.0 Å². The molecule has 1 amide bonds. The number of sulfonamides is 1. The second-order valence-electron chi connectivity index (χ2n) is 7.18. The van der Waals surface area contributed by atoms with Gasteiger partial charge in [-0.2, -0.15) is 9.57 Å². The second-order valence-corrected chi connectivity index (χ2v) is 9.04. The number of carbonyl (C=O) groups is 1. The van der Waals surface area contributed by atoms with Gasteiger partial charge >= 0.3 is 0 Å². The van der Waals surface area contributed by atoms with Crippen LogP contribution >= 0.6 is 0 Å². The van der Waals surface area contributed by atoms with E-state index in [2.05, 4.69) is 0 Å². The van der Waals surface area contributed by atoms with E-state index >= 15 is 0 Å². The number of likely N-dealkylation sites (tertiary alicyclic amines) is 1. The Hall–Kier alpha value is -1.91. The molecule has 1 spiro atoms. The van der Waals surface area contributed by atoms with Crippen LogP contribution in [0.3, 0.4) is 0 Å². The van der Waals surface area contributed by atoms with Crippen LogP contribution in [0.1, 0.15) is 44.1 Å². The first-order chi connectivity index (χ1) is 12.0. The van der Waals surface area contributed by atoms with Gasteiger partial charge in [0.1, 0.15) is 5.54 Å². The summed E-state index contributed by atoms with van der Waals surface area (Å²) in [5.74, 6) is -0.00373. The van der Waals surface area contributed by atoms with Gasteiger partial charge in [0.25, 0.3) is 0 Å². The number of piperidine rings is 1. The van der Waals surface area contributed by atoms with Gasteiger partial charge in [-0.25, -0.2) is 8.42 Å². The molecule has 0 aromatic heterocycles. The Labute approximate surface area is 148 Å². The molecule has 1 aromatic carbocycles. The smallest absolute Gasteiger partial charge is 0.244 e. The molecule has 25 heavy (non-hydrogen) atoms. The number of benzene rings is 1. The zero-order valence-corrected chi connectivity index (χ0v) is 14.8. The molecule has 2 saturated heterocycles. The molecule has 7 heteroatoms. The fourth-order valence-electron chi connectivity index (χ4n) is 4.25. The van der Waals surface area contributed by atoms with Gasteiger partial charge < -0.3 is 4.90 Å². The maximum absolute atomic E-state index is 13.2. The number of rotatable bonds is 3. The van der Waals surface area contributed by atoms with Crippen LogP contribution < -0.4 is 0 Å². The van der Waals surface area contributed by atoms with E-state index in [1.54, 1.807) is 0 Å². The highest BCUT2D eigenvalue weighted by Gasteiger charge is 2.57. The van der Waals surface area contributed by atoms with Crippen LogP contribution in [0.2, 0.25) is 0 Å². The zero-order chi connectivity index (χ0) is 17.7. The van der Waals surface area contributed by atoms with E-state index < -0.39 is 15.6 Å². The Kier molecular flexibility index (Phi) is 3.85. The number of amides is 1. The molecule has 6 nitrogen and oxygen atoms in total. The van der Waals surface area contributed by atoms with Crippen LogP contribution in [0.4, 0.5) is 0 Å². The largest absolute Gasteiger partial charge is 0.338 e. The third kappa shape index (κ3) is 2.55. The summed E-state index contributed by atoms with van der Waals surface area (Å²) in [6.45, 7) is 1.13. The highest BCUT2D eigenvalue weighted by atomic mass is 32.2. The van der Waals surface area contributed by atoms with Crippen LogP contribution in [0.15, 0.2) is 29.2 Å². The molecule has 0 radical (unpaired) electrons. The monoisotopic (exact) mass is 359 g/mol. The van der Waals surface area contributed by atoms with Gasteiger partial charge in [0.2, 0.25) is 15.9 Å². The summed E-state index contributed by atoms with van der Waals surface area (Å²) < 4.78 is 27.9. The van der Waals surface area contributed by atoms with Gasteiger partial charge in [-0.3, -0.25) is 4.79 Å². The van der Waals surface area contributed by atoms with Crippen LogP contribution in [0.5, 0.6) is 0 Å². The average molecular weight is 359 g/mol. The second kappa shape index (κ2) is 5.82. The summed E-state index contributed by atoms with van der Waals surface area (Å²) >= 11 is 0. The van der Waals surface area contributed by atoms with Gasteiger partial charge in [0.05, 0.1) is 16.5 Å². The zero-order valence-electron chi connectivity index (χ0n) is 14.0. The van der Waals surface area contributed by atoms with E-state index in [1.165, 1.54) is 28.6 Å². The van der Waals surface area contributed by atoms with Gasteiger partial charge in [-0.05, 0) is 62.8 Å². The lowest BCUT2D eigenvalue weighted by Gasteiger charge is -2.44. The first kappa shape index (κ1) is 16.6. The topological polar surface area (TPSA) is 81.5 Å². The average Bonchev–Trinajstić information content (AvgIpc) is 3.37. The Morgan fingerprint density at radius 1 is 1.08 bits per heavy atom. The molecule has 2 heterocycles. The fraction of sp³-hybridized carbons (Fsp3) is 0.556. The molecule has 0 bridgehead atoms. The van der Waals surface area contributed by atoms with Crippen molar-refractivity contribution in [3.63, 3.8) is 0 Å². The molecule has 3 fully saturated rings. The lowest BCUT2D eigenvalue weighted by Crippen LogP contribution is -2.61. The number of hydrogen-bond acceptors (Lipinski definition) is 4. The number of nitriles is 1. The van der Waals surface area contributed by atoms with Gasteiger partial charge in [0.15, 0.2) is 0 Å². The normalized spacial score (nSPS) is 27.6. The maximum atomic E-state index is 13.2. The number of carbonyl (C=O) groups excluding carboxylic acids is 1. The summed E-state index contributed by atoms with van der Waals surface area (Å²) in [5, 5.41) is 8.90. The molecule has 1 atom stereocenters. The molecule has 4 rings (SSSR count). The van der Waals surface area contributed by atoms with E-state index in [9.17, 15) is 13.2 Å². The van der Waals surface area contributed by atoms with Crippen molar-refractivity contribution in [1.29, 1.82) is 5.26 Å². The first-order valence-electron chi connectivity index (χ1n) is 8.83. The molecule has 132 valence electrons. The number of nitrogens with zero attached hydrogens (tertiary/aromatic N) is 3. The molecule has 1 aliphatic carbocycles. The maximum Gasteiger partial charge on any atom is 0.244 e. The van der Waals surface area contributed by atoms with Crippen LogP contribution in [-0.4, -0.2) is 48.2 Å². The molecule has 3 aliphatic rings. The van der Waals surface area contributed by atoms with Gasteiger partial charge in [0, 0.05) is 19.1 Å². The lowest BCUT2D eigenvalue weighted by atomic mass is 9.86. The van der Waals surface area contributed by atoms with Crippen LogP contribution in [0, 0.1) is 11.3 Å². The fourth-order valence-corrected chi connectivity index (χ4v) is 6.07. The Morgan fingerprint density at radius 3 is 2.32 bits per heavy atom. The predicted molar refractivity (Wildman–Crippen MR) is 91.0 cm³/mol. The molecule has 1 unspecified atom stereocenters. The van der Waals surface area contributed by atoms with Crippen molar-refractivity contribution < 1.29 is 13.2 Å². The highest BCUT2D eigenvalue weighted by molar-refractivity contribution is 7.89. The van der Waals surface area contributed by atoms with E-state index in [0.29, 0.717) is 37.4 Å². The van der Waals surface area contributed by atoms with Crippen molar-refractivity contribution in [1.82, 2.24) is 9.21 Å². The quantitative estimate of drug-likeness (QED) is 0.825. The third-order valence-electron chi connectivity index (χ3n) is 5.64. The van der Waals surface area contributed by atoms with Crippen LogP contribution in [0.25, 0.3) is 0 Å². The minimum absolute atomic E-state index is 0.00373. The Bertz CT molecular complexity index is 839. The Balaban J connectivity index is 1.70. The third-order valence-corrected chi connectivity index (χ3v) is 7.62. The standard InChI is InChI=1S/C18H21N3O3S/c19-13-14-3-7-16(8-4-14)25(23,24)21-12-2-10-18(21)9-1-11-20(17(18)22)15-5-6-15/h3-4,7-8,15H,1-2,5-6,9-12H2. The summed E-state index contributed by atoms with van der Waals surface area (Å²) in [4.78, 5) is 15.3. The minimum atomic E-state index is -3.76. The molecule has 0 N–H and O–H groups in total. The number of hydrogen-bond donors (Lipinski definition) is 0. The molecular formula is C18H21N3O3S. The van der Waals surface area contributed by atoms with Gasteiger partial charge in [-0.15, -0.1) is 0 Å². The lowest BCUT2D eigenvalue weighted by molar-refractivity contribution is -0.145. The SMILES string of the molecule is N#Cc1ccc(S(=O)(=O)N2CCCC23CCCN(C2CC2)C3=O)cc1. The summed E-state index contributed by atoms with van der Waals surface area (Å²) in [6.07, 6.45) is 4.82. The molecule has 1 aromatic rings. The van der Waals surface area contributed by atoms with Crippen LogP contribution in [-0.2, 0) is 14.8 Å². The van der Waals surface area contributed by atoms with E-state index in [-0.39, 0.29) is 10.8 Å². The Morgan fingerprint density at radius 2 is 1.72 bits per heavy atom. The summed E-state index contributed by atoms with van der Waals surface area (Å²) in [7, 11) is -3.76. The highest BCUT2D eigenvalue weighted by Crippen LogP contribution is 2.44. The summed E-state index contributed by atoms with van der Waals surface area (Å²) in [6, 6.07) is 8.25. The van der Waals surface area contributed by atoms with E-state index in [4.69, 9.17) is 5.26 Å². The van der Waals surface area contributed by atoms with Gasteiger partial charge in [-0.1, -0.05) is 0 Å². The van der Waals surface area contributed by atoms with Crippen molar-refractivity contribution in [3.8, 4) is 6.07 Å². The summed E-state index contributed by atoms with van der Waals surface area (Å²) in [5.41, 5.74) is -0.489. The first-order valence-corrected chi connectivity index (χ1v) is 10.3. The molecule has 2 aliphatic heterocycles. The predicted octanol–water partition coefficient (Wildman–Crippen LogP) is 1.87. The van der Waals surface area contributed by atoms with Crippen molar-refractivity contribution in [3.05, 3.63) is 29.8 Å². The molecule has 1 saturated carbocycles. The minimum Gasteiger partial charge on any atom is -0.338 e. The molecular weight excluding hydrogens is 338 g/mol. The van der Waals surface area contributed by atoms with Crippen molar-refractivity contribution in [2.24, 2.45) is 0 Å².